The quantitative estimate of drug-likeness (QED) is 0.288. The number of carbonyl (C=O) groups excluding carboxylic acids is 1. The monoisotopic (exact) mass is 474 g/mol. The molecule has 5 nitrogen and oxygen atoms in total. The summed E-state index contributed by atoms with van der Waals surface area (Å²) in [5, 5.41) is 12.8. The molecular weight excluding hydrogens is 448 g/mol. The van der Waals surface area contributed by atoms with Gasteiger partial charge in [0.1, 0.15) is 18.2 Å². The number of ether oxygens (including phenoxy) is 2. The predicted molar refractivity (Wildman–Crippen MR) is 136 cm³/mol. The average molecular weight is 475 g/mol. The number of aryl methyl sites for hydroxylation is 3. The summed E-state index contributed by atoms with van der Waals surface area (Å²) in [5.41, 5.74) is 5.45. The molecule has 0 aliphatic carbocycles. The van der Waals surface area contributed by atoms with Crippen molar-refractivity contribution in [2.75, 3.05) is 11.9 Å². The Hall–Kier alpha value is -3.75. The molecule has 3 aromatic carbocycles. The normalized spacial score (nSPS) is 11.0. The first-order valence-electron chi connectivity index (χ1n) is 10.9. The fourth-order valence-corrected chi connectivity index (χ4v) is 3.72. The Labute approximate surface area is 205 Å². The van der Waals surface area contributed by atoms with Gasteiger partial charge in [-0.3, -0.25) is 4.79 Å². The van der Waals surface area contributed by atoms with Crippen LogP contribution in [0, 0.1) is 32.1 Å². The molecule has 34 heavy (non-hydrogen) atoms. The molecule has 0 atom stereocenters. The number of nitriles is 1. The second-order valence-electron chi connectivity index (χ2n) is 8.01. The van der Waals surface area contributed by atoms with E-state index in [0.29, 0.717) is 41.0 Å². The van der Waals surface area contributed by atoms with Crippen LogP contribution in [0.25, 0.3) is 6.08 Å². The Morgan fingerprint density at radius 3 is 2.41 bits per heavy atom. The summed E-state index contributed by atoms with van der Waals surface area (Å²) in [6.45, 7) is 8.71. The number of nitrogens with zero attached hydrogens (tertiary/aromatic N) is 1. The Morgan fingerprint density at radius 1 is 1.00 bits per heavy atom. The molecule has 6 heteroatoms. The standard InChI is InChI=1S/C28H27ClN2O3/c1-5-33-27-14-21(7-9-26(27)34-17-22-11-18(2)10-19(3)12-22)13-23(16-30)28(32)31-25-15-24(29)8-6-20(25)4/h6-15H,5,17H2,1-4H3,(H,31,32)/b23-13+. The van der Waals surface area contributed by atoms with E-state index in [2.05, 4.69) is 37.4 Å². The van der Waals surface area contributed by atoms with Crippen LogP contribution in [-0.2, 0) is 11.4 Å². The fourth-order valence-electron chi connectivity index (χ4n) is 3.55. The number of rotatable bonds is 8. The van der Waals surface area contributed by atoms with Crippen LogP contribution in [0.1, 0.15) is 34.7 Å². The number of anilines is 1. The van der Waals surface area contributed by atoms with Gasteiger partial charge in [-0.25, -0.2) is 0 Å². The van der Waals surface area contributed by atoms with E-state index in [9.17, 15) is 10.1 Å². The summed E-state index contributed by atoms with van der Waals surface area (Å²) in [7, 11) is 0. The molecule has 1 amide bonds. The van der Waals surface area contributed by atoms with E-state index >= 15 is 0 Å². The van der Waals surface area contributed by atoms with Crippen LogP contribution in [0.15, 0.2) is 60.2 Å². The largest absolute Gasteiger partial charge is 0.490 e. The number of hydrogen-bond donors (Lipinski definition) is 1. The lowest BCUT2D eigenvalue weighted by Crippen LogP contribution is -2.14. The van der Waals surface area contributed by atoms with Crippen LogP contribution < -0.4 is 14.8 Å². The Morgan fingerprint density at radius 2 is 1.74 bits per heavy atom. The summed E-state index contributed by atoms with van der Waals surface area (Å²) in [6.07, 6.45) is 1.52. The van der Waals surface area contributed by atoms with Crippen LogP contribution in [-0.4, -0.2) is 12.5 Å². The van der Waals surface area contributed by atoms with Crippen molar-refractivity contribution < 1.29 is 14.3 Å². The minimum absolute atomic E-state index is 0.0364. The van der Waals surface area contributed by atoms with Gasteiger partial charge in [0.2, 0.25) is 0 Å². The van der Waals surface area contributed by atoms with Gasteiger partial charge >= 0.3 is 0 Å². The van der Waals surface area contributed by atoms with Crippen molar-refractivity contribution in [2.45, 2.75) is 34.3 Å². The summed E-state index contributed by atoms with van der Waals surface area (Å²) in [4.78, 5) is 12.7. The van der Waals surface area contributed by atoms with E-state index < -0.39 is 5.91 Å². The topological polar surface area (TPSA) is 71.3 Å². The van der Waals surface area contributed by atoms with Crippen LogP contribution >= 0.6 is 11.6 Å². The van der Waals surface area contributed by atoms with Crippen molar-refractivity contribution in [1.82, 2.24) is 0 Å². The van der Waals surface area contributed by atoms with Gasteiger partial charge in [-0.1, -0.05) is 53.1 Å². The van der Waals surface area contributed by atoms with Gasteiger partial charge in [-0.2, -0.15) is 5.26 Å². The zero-order valence-corrected chi connectivity index (χ0v) is 20.5. The first-order valence-corrected chi connectivity index (χ1v) is 11.3. The molecule has 0 aromatic heterocycles. The highest BCUT2D eigenvalue weighted by molar-refractivity contribution is 6.31. The third-order valence-electron chi connectivity index (χ3n) is 5.07. The van der Waals surface area contributed by atoms with Gasteiger partial charge in [0, 0.05) is 10.7 Å². The van der Waals surface area contributed by atoms with Crippen LogP contribution in [0.2, 0.25) is 5.02 Å². The van der Waals surface area contributed by atoms with E-state index in [-0.39, 0.29) is 5.57 Å². The van der Waals surface area contributed by atoms with Crippen molar-refractivity contribution >= 4 is 29.3 Å². The first-order chi connectivity index (χ1) is 16.3. The second kappa shape index (κ2) is 11.4. The molecule has 0 radical (unpaired) electrons. The van der Waals surface area contributed by atoms with Gasteiger partial charge in [-0.05, 0) is 74.7 Å². The SMILES string of the molecule is CCOc1cc(/C=C(\C#N)C(=O)Nc2cc(Cl)ccc2C)ccc1OCc1cc(C)cc(C)c1. The van der Waals surface area contributed by atoms with E-state index in [1.807, 2.05) is 19.9 Å². The molecule has 0 spiro atoms. The molecule has 0 aliphatic rings. The highest BCUT2D eigenvalue weighted by Gasteiger charge is 2.13. The molecule has 0 heterocycles. The summed E-state index contributed by atoms with van der Waals surface area (Å²) in [5.74, 6) is 0.626. The highest BCUT2D eigenvalue weighted by atomic mass is 35.5. The van der Waals surface area contributed by atoms with Gasteiger partial charge in [0.05, 0.1) is 6.61 Å². The van der Waals surface area contributed by atoms with Crippen molar-refractivity contribution in [2.24, 2.45) is 0 Å². The van der Waals surface area contributed by atoms with Crippen LogP contribution in [0.3, 0.4) is 0 Å². The lowest BCUT2D eigenvalue weighted by molar-refractivity contribution is -0.112. The third-order valence-corrected chi connectivity index (χ3v) is 5.30. The summed E-state index contributed by atoms with van der Waals surface area (Å²) < 4.78 is 11.8. The maximum absolute atomic E-state index is 12.7. The van der Waals surface area contributed by atoms with Gasteiger partial charge in [0.25, 0.3) is 5.91 Å². The van der Waals surface area contributed by atoms with Crippen molar-refractivity contribution in [3.05, 3.63) is 93.0 Å². The minimum Gasteiger partial charge on any atom is -0.490 e. The molecule has 0 bridgehead atoms. The second-order valence-corrected chi connectivity index (χ2v) is 8.44. The molecule has 0 saturated heterocycles. The lowest BCUT2D eigenvalue weighted by atomic mass is 10.1. The van der Waals surface area contributed by atoms with Crippen LogP contribution in [0.5, 0.6) is 11.5 Å². The van der Waals surface area contributed by atoms with Gasteiger partial charge in [0.15, 0.2) is 11.5 Å². The number of nitrogens with one attached hydrogen (secondary N) is 1. The molecule has 1 N–H and O–H groups in total. The van der Waals surface area contributed by atoms with E-state index in [4.69, 9.17) is 21.1 Å². The molecule has 3 rings (SSSR count). The zero-order chi connectivity index (χ0) is 24.7. The molecule has 3 aromatic rings. The third kappa shape index (κ3) is 6.63. The Bertz CT molecular complexity index is 1250. The highest BCUT2D eigenvalue weighted by Crippen LogP contribution is 2.30. The number of halogens is 1. The van der Waals surface area contributed by atoms with E-state index in [1.54, 1.807) is 36.4 Å². The van der Waals surface area contributed by atoms with Gasteiger partial charge < -0.3 is 14.8 Å². The number of benzene rings is 3. The van der Waals surface area contributed by atoms with Crippen molar-refractivity contribution in [3.8, 4) is 17.6 Å². The molecule has 0 unspecified atom stereocenters. The fraction of sp³-hybridized carbons (Fsp3) is 0.214. The summed E-state index contributed by atoms with van der Waals surface area (Å²) >= 11 is 6.03. The molecule has 0 aliphatic heterocycles. The Kier molecular flexibility index (Phi) is 8.34. The summed E-state index contributed by atoms with van der Waals surface area (Å²) in [6, 6.07) is 18.8. The predicted octanol–water partition coefficient (Wildman–Crippen LogP) is 6.79. The maximum atomic E-state index is 12.7. The maximum Gasteiger partial charge on any atom is 0.266 e. The first kappa shape index (κ1) is 24.9. The molecular formula is C28H27ClN2O3. The minimum atomic E-state index is -0.513. The van der Waals surface area contributed by atoms with E-state index in [0.717, 1.165) is 11.1 Å². The van der Waals surface area contributed by atoms with E-state index in [1.165, 1.54) is 17.2 Å². The number of amides is 1. The molecule has 0 fully saturated rings. The number of hydrogen-bond acceptors (Lipinski definition) is 4. The molecule has 0 saturated carbocycles. The van der Waals surface area contributed by atoms with Crippen molar-refractivity contribution in [3.63, 3.8) is 0 Å². The average Bonchev–Trinajstić information content (AvgIpc) is 2.79. The molecule has 174 valence electrons. The number of carbonyl (C=O) groups is 1. The smallest absolute Gasteiger partial charge is 0.266 e. The lowest BCUT2D eigenvalue weighted by Gasteiger charge is -2.13. The van der Waals surface area contributed by atoms with Crippen molar-refractivity contribution in [1.29, 1.82) is 5.26 Å². The van der Waals surface area contributed by atoms with Crippen LogP contribution in [0.4, 0.5) is 5.69 Å². The zero-order valence-electron chi connectivity index (χ0n) is 19.7. The van der Waals surface area contributed by atoms with Gasteiger partial charge in [-0.15, -0.1) is 0 Å². The Balaban J connectivity index is 1.81.